The third-order valence-corrected chi connectivity index (χ3v) is 11.1. The molecule has 218 valence electrons. The van der Waals surface area contributed by atoms with Crippen molar-refractivity contribution in [1.29, 1.82) is 0 Å². The summed E-state index contributed by atoms with van der Waals surface area (Å²) in [6.45, 7) is 4.61. The molecule has 1 spiro atoms. The van der Waals surface area contributed by atoms with Gasteiger partial charge < -0.3 is 10.6 Å². The Balaban J connectivity index is 1.16. The van der Waals surface area contributed by atoms with Crippen molar-refractivity contribution >= 4 is 39.4 Å². The van der Waals surface area contributed by atoms with E-state index < -0.39 is 21.6 Å². The first-order valence-electron chi connectivity index (χ1n) is 14.7. The third-order valence-electron chi connectivity index (χ3n) is 9.20. The van der Waals surface area contributed by atoms with Crippen molar-refractivity contribution in [3.63, 3.8) is 0 Å². The molecule has 1 aliphatic carbocycles. The largest absolute Gasteiger partial charge is 0.329 e. The summed E-state index contributed by atoms with van der Waals surface area (Å²) in [5, 5.41) is 5.57. The minimum Gasteiger partial charge on any atom is -0.328 e. The van der Waals surface area contributed by atoms with E-state index in [4.69, 9.17) is 4.99 Å². The maximum Gasteiger partial charge on any atom is 0.329 e. The minimum atomic E-state index is -3.53. The first-order valence-corrected chi connectivity index (χ1v) is 16.3. The van der Waals surface area contributed by atoms with Crippen LogP contribution in [0.5, 0.6) is 0 Å². The van der Waals surface area contributed by atoms with E-state index in [0.717, 1.165) is 40.6 Å². The van der Waals surface area contributed by atoms with E-state index in [1.54, 1.807) is 18.2 Å². The highest BCUT2D eigenvalue weighted by Crippen LogP contribution is 2.37. The van der Waals surface area contributed by atoms with E-state index >= 15 is 0 Å². The molecule has 11 heteroatoms. The number of hydrogen-bond donors (Lipinski definition) is 2. The van der Waals surface area contributed by atoms with Gasteiger partial charge in [0, 0.05) is 19.0 Å². The molecular weight excluding hydrogens is 530 g/mol. The number of imide groups is 1. The molecule has 0 unspecified atom stereocenters. The van der Waals surface area contributed by atoms with E-state index in [-0.39, 0.29) is 37.2 Å². The molecule has 2 saturated heterocycles. The predicted molar refractivity (Wildman–Crippen MR) is 154 cm³/mol. The zero-order valence-corrected chi connectivity index (χ0v) is 24.4. The zero-order valence-electron chi connectivity index (χ0n) is 23.6. The SMILES string of the molecule is CCCCC1CCC(C2=NC3(CCN(S(=O)(=O)CCc4ccc(N5C(=O)CNC5=O)cc4C)CC3)C(=O)N2)CC1. The van der Waals surface area contributed by atoms with Crippen LogP contribution in [-0.4, -0.2) is 67.3 Å². The smallest absolute Gasteiger partial charge is 0.328 e. The van der Waals surface area contributed by atoms with Crippen LogP contribution in [0.2, 0.25) is 0 Å². The highest BCUT2D eigenvalue weighted by atomic mass is 32.2. The number of anilines is 1. The molecule has 0 radical (unpaired) electrons. The summed E-state index contributed by atoms with van der Waals surface area (Å²) in [6.07, 6.45) is 9.41. The quantitative estimate of drug-likeness (QED) is 0.440. The van der Waals surface area contributed by atoms with E-state index in [1.165, 1.54) is 36.4 Å². The molecule has 5 rings (SSSR count). The summed E-state index contributed by atoms with van der Waals surface area (Å²) >= 11 is 0. The lowest BCUT2D eigenvalue weighted by atomic mass is 9.79. The number of aryl methyl sites for hydroxylation is 2. The summed E-state index contributed by atoms with van der Waals surface area (Å²) in [6, 6.07) is 4.74. The Kier molecular flexibility index (Phi) is 8.33. The zero-order chi connectivity index (χ0) is 28.5. The number of piperidine rings is 1. The molecule has 1 aromatic rings. The van der Waals surface area contributed by atoms with Crippen molar-refractivity contribution < 1.29 is 22.8 Å². The second kappa shape index (κ2) is 11.6. The highest BCUT2D eigenvalue weighted by Gasteiger charge is 2.48. The van der Waals surface area contributed by atoms with Crippen LogP contribution >= 0.6 is 0 Å². The molecule has 0 atom stereocenters. The second-order valence-corrected chi connectivity index (χ2v) is 13.9. The van der Waals surface area contributed by atoms with Gasteiger partial charge in [-0.15, -0.1) is 0 Å². The fourth-order valence-corrected chi connectivity index (χ4v) is 8.05. The average molecular weight is 572 g/mol. The van der Waals surface area contributed by atoms with Gasteiger partial charge in [-0.3, -0.25) is 14.6 Å². The lowest BCUT2D eigenvalue weighted by Crippen LogP contribution is -2.51. The van der Waals surface area contributed by atoms with Crippen molar-refractivity contribution in [2.45, 2.75) is 83.6 Å². The first kappa shape index (κ1) is 28.7. The molecule has 10 nitrogen and oxygen atoms in total. The van der Waals surface area contributed by atoms with Gasteiger partial charge in [0.15, 0.2) is 0 Å². The fourth-order valence-electron chi connectivity index (χ4n) is 6.58. The van der Waals surface area contributed by atoms with E-state index in [2.05, 4.69) is 17.6 Å². The number of carbonyl (C=O) groups is 3. The normalized spacial score (nSPS) is 25.3. The summed E-state index contributed by atoms with van der Waals surface area (Å²) in [7, 11) is -3.53. The van der Waals surface area contributed by atoms with Gasteiger partial charge in [0.25, 0.3) is 11.8 Å². The molecule has 4 amide bonds. The molecule has 1 aromatic carbocycles. The van der Waals surface area contributed by atoms with E-state index in [1.807, 2.05) is 6.92 Å². The molecule has 3 fully saturated rings. The van der Waals surface area contributed by atoms with Crippen LogP contribution in [0.3, 0.4) is 0 Å². The van der Waals surface area contributed by atoms with Gasteiger partial charge >= 0.3 is 6.03 Å². The number of aliphatic imine (C=N–C) groups is 1. The van der Waals surface area contributed by atoms with Crippen LogP contribution in [0.1, 0.15) is 75.8 Å². The van der Waals surface area contributed by atoms with Crippen molar-refractivity contribution in [1.82, 2.24) is 14.9 Å². The Morgan fingerprint density at radius 1 is 1.07 bits per heavy atom. The number of sulfonamides is 1. The average Bonchev–Trinajstić information content (AvgIpc) is 3.44. The number of carbonyl (C=O) groups excluding carboxylic acids is 3. The number of amidine groups is 1. The lowest BCUT2D eigenvalue weighted by Gasteiger charge is -2.34. The van der Waals surface area contributed by atoms with Crippen LogP contribution in [0, 0.1) is 18.8 Å². The van der Waals surface area contributed by atoms with Crippen LogP contribution in [-0.2, 0) is 26.0 Å². The maximum atomic E-state index is 13.2. The van der Waals surface area contributed by atoms with Crippen LogP contribution in [0.25, 0.3) is 0 Å². The Hall–Kier alpha value is -2.79. The molecule has 0 aromatic heterocycles. The number of urea groups is 1. The van der Waals surface area contributed by atoms with E-state index in [0.29, 0.717) is 30.9 Å². The lowest BCUT2D eigenvalue weighted by molar-refractivity contribution is -0.125. The van der Waals surface area contributed by atoms with Gasteiger partial charge in [-0.2, -0.15) is 0 Å². The third kappa shape index (κ3) is 5.81. The Bertz CT molecular complexity index is 1280. The van der Waals surface area contributed by atoms with Gasteiger partial charge in [-0.25, -0.2) is 22.4 Å². The molecule has 2 N–H and O–H groups in total. The van der Waals surface area contributed by atoms with Crippen molar-refractivity contribution in [2.24, 2.45) is 16.8 Å². The fraction of sp³-hybridized carbons (Fsp3) is 0.655. The van der Waals surface area contributed by atoms with Gasteiger partial charge in [0.05, 0.1) is 18.0 Å². The molecule has 1 saturated carbocycles. The Morgan fingerprint density at radius 2 is 1.80 bits per heavy atom. The monoisotopic (exact) mass is 571 g/mol. The number of rotatable bonds is 9. The molecule has 3 aliphatic heterocycles. The minimum absolute atomic E-state index is 0.0244. The Morgan fingerprint density at radius 3 is 2.42 bits per heavy atom. The Labute approximate surface area is 237 Å². The first-order chi connectivity index (χ1) is 19.1. The predicted octanol–water partition coefficient (Wildman–Crippen LogP) is 3.28. The van der Waals surface area contributed by atoms with Gasteiger partial charge in [0.2, 0.25) is 10.0 Å². The number of nitrogens with one attached hydrogen (secondary N) is 2. The molecule has 0 bridgehead atoms. The summed E-state index contributed by atoms with van der Waals surface area (Å²) < 4.78 is 27.9. The van der Waals surface area contributed by atoms with Crippen LogP contribution in [0.15, 0.2) is 23.2 Å². The van der Waals surface area contributed by atoms with Gasteiger partial charge in [0.1, 0.15) is 11.4 Å². The standard InChI is InChI=1S/C29H41N5O5S/c1-3-4-5-21-6-8-23(9-7-21)26-31-27(36)29(32-26)13-15-33(16-14-29)40(38,39)17-12-22-10-11-24(18-20(22)2)34-25(35)19-30-28(34)37/h10-11,18,21,23H,3-9,12-17,19H2,1-2H3,(H,30,37)(H,31,32,36). The second-order valence-electron chi connectivity index (χ2n) is 11.8. The summed E-state index contributed by atoms with van der Waals surface area (Å²) in [4.78, 5) is 43.0. The molecule has 4 aliphatic rings. The number of hydrogen-bond acceptors (Lipinski definition) is 6. The maximum absolute atomic E-state index is 13.2. The molecule has 40 heavy (non-hydrogen) atoms. The summed E-state index contributed by atoms with van der Waals surface area (Å²) in [5.41, 5.74) is 1.31. The van der Waals surface area contributed by atoms with Crippen molar-refractivity contribution in [3.05, 3.63) is 29.3 Å². The topological polar surface area (TPSA) is 128 Å². The summed E-state index contributed by atoms with van der Waals surface area (Å²) in [5.74, 6) is 1.47. The number of nitrogens with zero attached hydrogens (tertiary/aromatic N) is 3. The number of amides is 4. The number of benzene rings is 1. The van der Waals surface area contributed by atoms with Gasteiger partial charge in [-0.1, -0.05) is 32.3 Å². The van der Waals surface area contributed by atoms with E-state index in [9.17, 15) is 22.8 Å². The highest BCUT2D eigenvalue weighted by molar-refractivity contribution is 7.89. The van der Waals surface area contributed by atoms with Crippen molar-refractivity contribution in [3.8, 4) is 0 Å². The van der Waals surface area contributed by atoms with Crippen LogP contribution in [0.4, 0.5) is 10.5 Å². The van der Waals surface area contributed by atoms with Crippen LogP contribution < -0.4 is 15.5 Å². The molecular formula is C29H41N5O5S. The van der Waals surface area contributed by atoms with Crippen molar-refractivity contribution in [2.75, 3.05) is 30.3 Å². The number of unbranched alkanes of at least 4 members (excludes halogenated alkanes) is 1. The molecule has 3 heterocycles. The van der Waals surface area contributed by atoms with Gasteiger partial charge in [-0.05, 0) is 81.0 Å².